The second kappa shape index (κ2) is 11.9. The SMILES string of the molecule is Cc1ccc(C(=O)N(C)C2CCN(C)C2)c(Nc2cncc(-c3ccc(O)cc3)n2)c1.O=C(O)C(F)(F)F. The van der Waals surface area contributed by atoms with E-state index >= 15 is 0 Å². The summed E-state index contributed by atoms with van der Waals surface area (Å²) in [6.45, 7) is 3.88. The third kappa shape index (κ3) is 7.42. The molecule has 1 unspecified atom stereocenters. The molecule has 9 nitrogen and oxygen atoms in total. The monoisotopic (exact) mass is 531 g/mol. The van der Waals surface area contributed by atoms with Gasteiger partial charge in [-0.3, -0.25) is 9.78 Å². The number of aryl methyl sites for hydroxylation is 1. The summed E-state index contributed by atoms with van der Waals surface area (Å²) in [6.07, 6.45) is -0.798. The summed E-state index contributed by atoms with van der Waals surface area (Å²) >= 11 is 0. The average molecular weight is 532 g/mol. The van der Waals surface area contributed by atoms with Gasteiger partial charge in [0.1, 0.15) is 11.6 Å². The third-order valence-corrected chi connectivity index (χ3v) is 5.94. The number of carboxylic acids is 1. The number of carbonyl (C=O) groups excluding carboxylic acids is 1. The molecule has 1 aromatic heterocycles. The number of carbonyl (C=O) groups is 2. The van der Waals surface area contributed by atoms with E-state index < -0.39 is 12.1 Å². The van der Waals surface area contributed by atoms with Crippen LogP contribution in [-0.2, 0) is 4.79 Å². The number of likely N-dealkylation sites (N-methyl/N-ethyl adjacent to an activating group) is 2. The van der Waals surface area contributed by atoms with Crippen molar-refractivity contribution in [2.75, 3.05) is 32.5 Å². The van der Waals surface area contributed by atoms with E-state index in [2.05, 4.69) is 27.2 Å². The predicted molar refractivity (Wildman–Crippen MR) is 135 cm³/mol. The van der Waals surface area contributed by atoms with Gasteiger partial charge in [0.15, 0.2) is 0 Å². The zero-order valence-corrected chi connectivity index (χ0v) is 21.0. The molecule has 1 fully saturated rings. The van der Waals surface area contributed by atoms with E-state index in [1.54, 1.807) is 36.7 Å². The van der Waals surface area contributed by atoms with Gasteiger partial charge < -0.3 is 25.3 Å². The minimum atomic E-state index is -5.08. The molecule has 2 aromatic carbocycles. The van der Waals surface area contributed by atoms with Crippen molar-refractivity contribution in [1.82, 2.24) is 19.8 Å². The quantitative estimate of drug-likeness (QED) is 0.446. The Morgan fingerprint density at radius 1 is 1.13 bits per heavy atom. The van der Waals surface area contributed by atoms with Gasteiger partial charge in [0.25, 0.3) is 5.91 Å². The Kier molecular flexibility index (Phi) is 8.89. The average Bonchev–Trinajstić information content (AvgIpc) is 3.30. The fourth-order valence-electron chi connectivity index (χ4n) is 3.87. The number of halogens is 3. The molecule has 1 amide bonds. The number of benzene rings is 2. The molecule has 12 heteroatoms. The molecule has 4 rings (SSSR count). The summed E-state index contributed by atoms with van der Waals surface area (Å²) in [5.41, 5.74) is 3.89. The van der Waals surface area contributed by atoms with Crippen LogP contribution in [0.25, 0.3) is 11.3 Å². The Bertz CT molecular complexity index is 1280. The number of carboxylic acid groups (broad SMARTS) is 1. The van der Waals surface area contributed by atoms with E-state index in [0.29, 0.717) is 22.8 Å². The Labute approximate surface area is 217 Å². The zero-order valence-electron chi connectivity index (χ0n) is 21.0. The van der Waals surface area contributed by atoms with Gasteiger partial charge in [0.05, 0.1) is 29.3 Å². The minimum absolute atomic E-state index is 0.00884. The normalized spacial score (nSPS) is 15.4. The molecule has 0 aliphatic carbocycles. The lowest BCUT2D eigenvalue weighted by molar-refractivity contribution is -0.192. The number of likely N-dealkylation sites (tertiary alicyclic amines) is 1. The number of alkyl halides is 3. The molecule has 0 radical (unpaired) electrons. The molecule has 1 saturated heterocycles. The first-order valence-corrected chi connectivity index (χ1v) is 11.6. The fraction of sp³-hybridized carbons (Fsp3) is 0.308. The number of anilines is 2. The number of nitrogens with zero attached hydrogens (tertiary/aromatic N) is 4. The molecule has 3 N–H and O–H groups in total. The van der Waals surface area contributed by atoms with Gasteiger partial charge in [-0.05, 0) is 68.9 Å². The number of rotatable bonds is 5. The third-order valence-electron chi connectivity index (χ3n) is 5.94. The van der Waals surface area contributed by atoms with Crippen LogP contribution in [0, 0.1) is 6.92 Å². The molecular weight excluding hydrogens is 503 g/mol. The number of amides is 1. The van der Waals surface area contributed by atoms with Gasteiger partial charge in [-0.25, -0.2) is 9.78 Å². The fourth-order valence-corrected chi connectivity index (χ4v) is 3.87. The maximum absolute atomic E-state index is 13.3. The standard InChI is InChI=1S/C24H27N5O2.C2HF3O2/c1-16-4-9-20(24(31)29(3)18-10-11-28(2)15-18)21(12-16)26-23-14-25-13-22(27-23)17-5-7-19(30)8-6-17;3-2(4,5)1(6)7/h4-9,12-14,18,30H,10-11,15H2,1-3H3,(H,26,27);(H,6,7). The van der Waals surface area contributed by atoms with E-state index in [0.717, 1.165) is 30.6 Å². The van der Waals surface area contributed by atoms with Crippen LogP contribution in [0.2, 0.25) is 0 Å². The van der Waals surface area contributed by atoms with E-state index in [1.807, 2.05) is 37.1 Å². The Hall–Kier alpha value is -4.19. The number of nitrogens with one attached hydrogen (secondary N) is 1. The van der Waals surface area contributed by atoms with Crippen molar-refractivity contribution in [3.8, 4) is 17.0 Å². The highest BCUT2D eigenvalue weighted by Gasteiger charge is 2.38. The number of phenolic OH excluding ortho intramolecular Hbond substituents is 1. The van der Waals surface area contributed by atoms with Crippen LogP contribution in [0.4, 0.5) is 24.7 Å². The highest BCUT2D eigenvalue weighted by atomic mass is 19.4. The van der Waals surface area contributed by atoms with E-state index in [9.17, 15) is 23.1 Å². The van der Waals surface area contributed by atoms with Crippen LogP contribution >= 0.6 is 0 Å². The first-order valence-electron chi connectivity index (χ1n) is 11.6. The number of hydrogen-bond acceptors (Lipinski definition) is 7. The molecule has 2 heterocycles. The predicted octanol–water partition coefficient (Wildman–Crippen LogP) is 4.31. The van der Waals surface area contributed by atoms with Crippen molar-refractivity contribution < 1.29 is 33.0 Å². The Morgan fingerprint density at radius 3 is 2.37 bits per heavy atom. The van der Waals surface area contributed by atoms with E-state index in [1.165, 1.54) is 0 Å². The summed E-state index contributed by atoms with van der Waals surface area (Å²) in [5, 5.41) is 19.9. The number of aromatic hydroxyl groups is 1. The maximum atomic E-state index is 13.3. The lowest BCUT2D eigenvalue weighted by Gasteiger charge is -2.25. The Balaban J connectivity index is 0.000000505. The smallest absolute Gasteiger partial charge is 0.490 e. The summed E-state index contributed by atoms with van der Waals surface area (Å²) in [7, 11) is 3.96. The van der Waals surface area contributed by atoms with Crippen molar-refractivity contribution >= 4 is 23.4 Å². The van der Waals surface area contributed by atoms with Crippen LogP contribution in [0.5, 0.6) is 5.75 Å². The molecule has 1 atom stereocenters. The first kappa shape index (κ1) is 28.4. The molecule has 0 saturated carbocycles. The van der Waals surface area contributed by atoms with Crippen LogP contribution in [0.15, 0.2) is 54.9 Å². The first-order chi connectivity index (χ1) is 17.8. The van der Waals surface area contributed by atoms with Crippen molar-refractivity contribution in [2.45, 2.75) is 25.6 Å². The van der Waals surface area contributed by atoms with Gasteiger partial charge in [-0.1, -0.05) is 6.07 Å². The second-order valence-corrected chi connectivity index (χ2v) is 8.93. The molecule has 202 valence electrons. The van der Waals surface area contributed by atoms with Gasteiger partial charge in [0.2, 0.25) is 0 Å². The molecule has 3 aromatic rings. The van der Waals surface area contributed by atoms with E-state index in [-0.39, 0.29) is 17.7 Å². The van der Waals surface area contributed by atoms with Gasteiger partial charge in [0, 0.05) is 25.2 Å². The number of aliphatic carboxylic acids is 1. The summed E-state index contributed by atoms with van der Waals surface area (Å²) in [4.78, 5) is 35.2. The summed E-state index contributed by atoms with van der Waals surface area (Å²) in [5.74, 6) is -2.02. The van der Waals surface area contributed by atoms with Crippen LogP contribution in [-0.4, -0.2) is 81.3 Å². The highest BCUT2D eigenvalue weighted by molar-refractivity contribution is 6.00. The largest absolute Gasteiger partial charge is 0.508 e. The number of aromatic nitrogens is 2. The number of phenols is 1. The van der Waals surface area contributed by atoms with Crippen molar-refractivity contribution in [2.24, 2.45) is 0 Å². The maximum Gasteiger partial charge on any atom is 0.490 e. The number of hydrogen-bond donors (Lipinski definition) is 3. The van der Waals surface area contributed by atoms with Crippen LogP contribution in [0.3, 0.4) is 0 Å². The lowest BCUT2D eigenvalue weighted by Crippen LogP contribution is -2.38. The Morgan fingerprint density at radius 2 is 1.79 bits per heavy atom. The van der Waals surface area contributed by atoms with Crippen LogP contribution < -0.4 is 5.32 Å². The van der Waals surface area contributed by atoms with Crippen molar-refractivity contribution in [3.05, 3.63) is 66.0 Å². The lowest BCUT2D eigenvalue weighted by atomic mass is 10.1. The summed E-state index contributed by atoms with van der Waals surface area (Å²) < 4.78 is 31.7. The topological polar surface area (TPSA) is 119 Å². The van der Waals surface area contributed by atoms with Crippen molar-refractivity contribution in [3.63, 3.8) is 0 Å². The second-order valence-electron chi connectivity index (χ2n) is 8.93. The summed E-state index contributed by atoms with van der Waals surface area (Å²) in [6, 6.07) is 12.8. The zero-order chi connectivity index (χ0) is 28.0. The molecule has 0 bridgehead atoms. The van der Waals surface area contributed by atoms with Crippen molar-refractivity contribution in [1.29, 1.82) is 0 Å². The molecular formula is C26H28F3N5O4. The van der Waals surface area contributed by atoms with Gasteiger partial charge in [-0.2, -0.15) is 13.2 Å². The highest BCUT2D eigenvalue weighted by Crippen LogP contribution is 2.26. The minimum Gasteiger partial charge on any atom is -0.508 e. The van der Waals surface area contributed by atoms with Crippen LogP contribution in [0.1, 0.15) is 22.3 Å². The molecule has 0 spiro atoms. The van der Waals surface area contributed by atoms with Gasteiger partial charge >= 0.3 is 12.1 Å². The molecule has 1 aliphatic heterocycles. The molecule has 38 heavy (non-hydrogen) atoms. The van der Waals surface area contributed by atoms with E-state index in [4.69, 9.17) is 9.90 Å². The van der Waals surface area contributed by atoms with Gasteiger partial charge in [-0.15, -0.1) is 0 Å². The molecule has 1 aliphatic rings.